The SMILES string of the molecule is Cc1cc(C)n(CCCNC(C)C(=O)NC(C)C)n1. The van der Waals surface area contributed by atoms with Gasteiger partial charge >= 0.3 is 0 Å². The van der Waals surface area contributed by atoms with Crippen LogP contribution in [0, 0.1) is 13.8 Å². The smallest absolute Gasteiger partial charge is 0.237 e. The number of amides is 1. The lowest BCUT2D eigenvalue weighted by Gasteiger charge is -2.16. The molecule has 1 heterocycles. The van der Waals surface area contributed by atoms with Crippen LogP contribution in [0.25, 0.3) is 0 Å². The van der Waals surface area contributed by atoms with Crippen molar-refractivity contribution in [1.29, 1.82) is 0 Å². The van der Waals surface area contributed by atoms with E-state index in [1.807, 2.05) is 32.4 Å². The van der Waals surface area contributed by atoms with Crippen LogP contribution in [0.1, 0.15) is 38.6 Å². The normalized spacial score (nSPS) is 12.7. The Hall–Kier alpha value is -1.36. The number of nitrogens with one attached hydrogen (secondary N) is 2. The van der Waals surface area contributed by atoms with Crippen LogP contribution in [0.3, 0.4) is 0 Å². The molecular formula is C14H26N4O. The summed E-state index contributed by atoms with van der Waals surface area (Å²) >= 11 is 0. The Bertz CT molecular complexity index is 412. The van der Waals surface area contributed by atoms with E-state index in [0.717, 1.165) is 25.2 Å². The van der Waals surface area contributed by atoms with E-state index in [9.17, 15) is 4.79 Å². The molecule has 0 radical (unpaired) electrons. The Morgan fingerprint density at radius 2 is 2.05 bits per heavy atom. The third kappa shape index (κ3) is 5.42. The molecule has 0 aliphatic carbocycles. The molecule has 1 rings (SSSR count). The molecule has 1 aromatic heterocycles. The second kappa shape index (κ2) is 7.28. The summed E-state index contributed by atoms with van der Waals surface area (Å²) in [5, 5.41) is 10.5. The third-order valence-corrected chi connectivity index (χ3v) is 2.92. The molecule has 0 aliphatic rings. The number of rotatable bonds is 7. The summed E-state index contributed by atoms with van der Waals surface area (Å²) in [5.41, 5.74) is 2.23. The summed E-state index contributed by atoms with van der Waals surface area (Å²) < 4.78 is 2.01. The van der Waals surface area contributed by atoms with Gasteiger partial charge in [0.1, 0.15) is 0 Å². The Morgan fingerprint density at radius 1 is 1.37 bits per heavy atom. The van der Waals surface area contributed by atoms with Gasteiger partial charge in [0.2, 0.25) is 5.91 Å². The first kappa shape index (κ1) is 15.7. The Morgan fingerprint density at radius 3 is 2.58 bits per heavy atom. The predicted molar refractivity (Wildman–Crippen MR) is 77.1 cm³/mol. The van der Waals surface area contributed by atoms with Crippen molar-refractivity contribution in [2.45, 2.75) is 59.7 Å². The van der Waals surface area contributed by atoms with E-state index in [1.54, 1.807) is 0 Å². The highest BCUT2D eigenvalue weighted by Gasteiger charge is 2.12. The van der Waals surface area contributed by atoms with Gasteiger partial charge in [-0.05, 0) is 53.7 Å². The zero-order valence-corrected chi connectivity index (χ0v) is 12.7. The van der Waals surface area contributed by atoms with Gasteiger partial charge in [-0.2, -0.15) is 5.10 Å². The van der Waals surface area contributed by atoms with Gasteiger partial charge in [-0.3, -0.25) is 9.48 Å². The van der Waals surface area contributed by atoms with Crippen molar-refractivity contribution in [2.24, 2.45) is 0 Å². The van der Waals surface area contributed by atoms with Crippen LogP contribution in [0.15, 0.2) is 6.07 Å². The zero-order chi connectivity index (χ0) is 14.4. The lowest BCUT2D eigenvalue weighted by molar-refractivity contribution is -0.123. The van der Waals surface area contributed by atoms with E-state index in [-0.39, 0.29) is 18.0 Å². The van der Waals surface area contributed by atoms with Gasteiger partial charge < -0.3 is 10.6 Å². The number of carbonyl (C=O) groups excluding carboxylic acids is 1. The Labute approximate surface area is 115 Å². The van der Waals surface area contributed by atoms with Crippen LogP contribution in [-0.4, -0.2) is 34.3 Å². The summed E-state index contributed by atoms with van der Waals surface area (Å²) in [7, 11) is 0. The van der Waals surface area contributed by atoms with E-state index < -0.39 is 0 Å². The molecule has 0 saturated heterocycles. The molecule has 1 aromatic rings. The molecule has 0 aliphatic heterocycles. The number of hydrogen-bond acceptors (Lipinski definition) is 3. The maximum absolute atomic E-state index is 11.7. The highest BCUT2D eigenvalue weighted by atomic mass is 16.2. The lowest BCUT2D eigenvalue weighted by Crippen LogP contribution is -2.45. The summed E-state index contributed by atoms with van der Waals surface area (Å²) in [6, 6.07) is 2.11. The average molecular weight is 266 g/mol. The molecule has 0 saturated carbocycles. The Kier molecular flexibility index (Phi) is 6.02. The van der Waals surface area contributed by atoms with Crippen molar-refractivity contribution in [1.82, 2.24) is 20.4 Å². The fraction of sp³-hybridized carbons (Fsp3) is 0.714. The summed E-state index contributed by atoms with van der Waals surface area (Å²) in [6.45, 7) is 11.6. The zero-order valence-electron chi connectivity index (χ0n) is 12.7. The molecule has 0 spiro atoms. The summed E-state index contributed by atoms with van der Waals surface area (Å²) in [4.78, 5) is 11.7. The number of carbonyl (C=O) groups is 1. The number of aromatic nitrogens is 2. The minimum Gasteiger partial charge on any atom is -0.353 e. The van der Waals surface area contributed by atoms with Crippen molar-refractivity contribution in [3.05, 3.63) is 17.5 Å². The molecule has 5 nitrogen and oxygen atoms in total. The average Bonchev–Trinajstić information content (AvgIpc) is 2.62. The second-order valence-electron chi connectivity index (χ2n) is 5.34. The third-order valence-electron chi connectivity index (χ3n) is 2.92. The number of nitrogens with zero attached hydrogens (tertiary/aromatic N) is 2. The summed E-state index contributed by atoms with van der Waals surface area (Å²) in [5.74, 6) is 0.0566. The highest BCUT2D eigenvalue weighted by molar-refractivity contribution is 5.81. The monoisotopic (exact) mass is 266 g/mol. The van der Waals surface area contributed by atoms with Crippen LogP contribution in [0.5, 0.6) is 0 Å². The molecule has 1 unspecified atom stereocenters. The topological polar surface area (TPSA) is 59.0 Å². The molecule has 0 bridgehead atoms. The fourth-order valence-corrected chi connectivity index (χ4v) is 1.95. The molecule has 19 heavy (non-hydrogen) atoms. The molecule has 0 fully saturated rings. The molecular weight excluding hydrogens is 240 g/mol. The van der Waals surface area contributed by atoms with E-state index >= 15 is 0 Å². The van der Waals surface area contributed by atoms with Crippen molar-refractivity contribution < 1.29 is 4.79 Å². The van der Waals surface area contributed by atoms with E-state index in [1.165, 1.54) is 5.69 Å². The van der Waals surface area contributed by atoms with Gasteiger partial charge in [-0.15, -0.1) is 0 Å². The van der Waals surface area contributed by atoms with Gasteiger partial charge in [-0.25, -0.2) is 0 Å². The molecule has 5 heteroatoms. The van der Waals surface area contributed by atoms with Gasteiger partial charge in [0.25, 0.3) is 0 Å². The van der Waals surface area contributed by atoms with Crippen LogP contribution in [0.2, 0.25) is 0 Å². The maximum atomic E-state index is 11.7. The fourth-order valence-electron chi connectivity index (χ4n) is 1.95. The van der Waals surface area contributed by atoms with Gasteiger partial charge in [0.15, 0.2) is 0 Å². The highest BCUT2D eigenvalue weighted by Crippen LogP contribution is 2.02. The molecule has 1 atom stereocenters. The number of aryl methyl sites for hydroxylation is 3. The first-order chi connectivity index (χ1) is 8.90. The van der Waals surface area contributed by atoms with Crippen molar-refractivity contribution in [3.8, 4) is 0 Å². The van der Waals surface area contributed by atoms with Crippen LogP contribution < -0.4 is 10.6 Å². The van der Waals surface area contributed by atoms with Crippen molar-refractivity contribution in [3.63, 3.8) is 0 Å². The van der Waals surface area contributed by atoms with Crippen molar-refractivity contribution >= 4 is 5.91 Å². The van der Waals surface area contributed by atoms with Crippen LogP contribution in [-0.2, 0) is 11.3 Å². The minimum atomic E-state index is -0.150. The lowest BCUT2D eigenvalue weighted by atomic mass is 10.2. The van der Waals surface area contributed by atoms with E-state index in [4.69, 9.17) is 0 Å². The quantitative estimate of drug-likeness (QED) is 0.733. The maximum Gasteiger partial charge on any atom is 0.237 e. The molecule has 108 valence electrons. The minimum absolute atomic E-state index is 0.0566. The molecule has 1 amide bonds. The largest absolute Gasteiger partial charge is 0.353 e. The first-order valence-electron chi connectivity index (χ1n) is 6.95. The molecule has 2 N–H and O–H groups in total. The van der Waals surface area contributed by atoms with Crippen LogP contribution >= 0.6 is 0 Å². The first-order valence-corrected chi connectivity index (χ1v) is 6.95. The molecule has 0 aromatic carbocycles. The standard InChI is InChI=1S/C14H26N4O/c1-10(2)16-14(19)13(5)15-7-6-8-18-12(4)9-11(3)17-18/h9-10,13,15H,6-8H2,1-5H3,(H,16,19). The van der Waals surface area contributed by atoms with Gasteiger partial charge in [0.05, 0.1) is 11.7 Å². The number of hydrogen-bond donors (Lipinski definition) is 2. The predicted octanol–water partition coefficient (Wildman–Crippen LogP) is 1.39. The van der Waals surface area contributed by atoms with Crippen LogP contribution in [0.4, 0.5) is 0 Å². The van der Waals surface area contributed by atoms with Gasteiger partial charge in [0, 0.05) is 18.3 Å². The second-order valence-corrected chi connectivity index (χ2v) is 5.34. The van der Waals surface area contributed by atoms with Gasteiger partial charge in [-0.1, -0.05) is 0 Å². The Balaban J connectivity index is 2.23. The van der Waals surface area contributed by atoms with Crippen molar-refractivity contribution in [2.75, 3.05) is 6.54 Å². The van der Waals surface area contributed by atoms with E-state index in [0.29, 0.717) is 0 Å². The summed E-state index contributed by atoms with van der Waals surface area (Å²) in [6.07, 6.45) is 0.960. The van der Waals surface area contributed by atoms with E-state index in [2.05, 4.69) is 28.7 Å².